The van der Waals surface area contributed by atoms with Gasteiger partial charge in [0.1, 0.15) is 0 Å². The highest BCUT2D eigenvalue weighted by atomic mass is 35.5. The van der Waals surface area contributed by atoms with E-state index in [0.29, 0.717) is 12.1 Å². The molecule has 2 unspecified atom stereocenters. The highest BCUT2D eigenvalue weighted by Gasteiger charge is 2.25. The van der Waals surface area contributed by atoms with Crippen LogP contribution in [0.4, 0.5) is 0 Å². The van der Waals surface area contributed by atoms with Crippen LogP contribution in [-0.4, -0.2) is 30.1 Å². The van der Waals surface area contributed by atoms with E-state index in [4.69, 9.17) is 5.73 Å². The first kappa shape index (κ1) is 15.9. The number of nitrogens with two attached hydrogens (primary N) is 1. The first-order valence-electron chi connectivity index (χ1n) is 4.79. The number of piperidine rings is 1. The second kappa shape index (κ2) is 7.86. The number of nitrogens with zero attached hydrogens (tertiary/aromatic N) is 1. The molecule has 4 heteroatoms. The number of rotatable bonds is 2. The highest BCUT2D eigenvalue weighted by molar-refractivity contribution is 5.85. The van der Waals surface area contributed by atoms with Crippen molar-refractivity contribution in [3.8, 4) is 0 Å². The van der Waals surface area contributed by atoms with Crippen LogP contribution in [-0.2, 0) is 0 Å². The van der Waals surface area contributed by atoms with Crippen LogP contribution >= 0.6 is 24.8 Å². The van der Waals surface area contributed by atoms with Crippen molar-refractivity contribution < 1.29 is 0 Å². The average Bonchev–Trinajstić information content (AvgIpc) is 2.04. The van der Waals surface area contributed by atoms with Crippen molar-refractivity contribution in [2.45, 2.75) is 45.2 Å². The minimum absolute atomic E-state index is 0. The van der Waals surface area contributed by atoms with E-state index in [0.717, 1.165) is 6.54 Å². The molecule has 0 spiro atoms. The summed E-state index contributed by atoms with van der Waals surface area (Å²) in [7, 11) is 0. The molecule has 1 heterocycles. The molecule has 0 aromatic carbocycles. The third kappa shape index (κ3) is 4.03. The van der Waals surface area contributed by atoms with Crippen molar-refractivity contribution in [2.24, 2.45) is 5.73 Å². The zero-order valence-corrected chi connectivity index (χ0v) is 10.2. The van der Waals surface area contributed by atoms with Gasteiger partial charge in [0.05, 0.1) is 0 Å². The van der Waals surface area contributed by atoms with Crippen molar-refractivity contribution in [2.75, 3.05) is 13.1 Å². The maximum absolute atomic E-state index is 6.01. The topological polar surface area (TPSA) is 29.3 Å². The van der Waals surface area contributed by atoms with Gasteiger partial charge in [0.15, 0.2) is 0 Å². The van der Waals surface area contributed by atoms with Crippen LogP contribution in [0.5, 0.6) is 0 Å². The Morgan fingerprint density at radius 1 is 1.31 bits per heavy atom. The largest absolute Gasteiger partial charge is 0.326 e. The predicted octanol–water partition coefficient (Wildman–Crippen LogP) is 2.05. The van der Waals surface area contributed by atoms with Gasteiger partial charge in [-0.2, -0.15) is 0 Å². The van der Waals surface area contributed by atoms with E-state index in [2.05, 4.69) is 18.7 Å². The summed E-state index contributed by atoms with van der Waals surface area (Å²) in [6, 6.07) is 1.07. The highest BCUT2D eigenvalue weighted by Crippen LogP contribution is 2.17. The van der Waals surface area contributed by atoms with Gasteiger partial charge >= 0.3 is 0 Å². The molecule has 0 aromatic heterocycles. The van der Waals surface area contributed by atoms with E-state index < -0.39 is 0 Å². The first-order chi connectivity index (χ1) is 5.29. The molecule has 1 rings (SSSR count). The maximum Gasteiger partial charge on any atom is 0.0244 e. The standard InChI is InChI=1S/C9H20N2.2ClH/c1-3-9-8(10)6-5-7-11(9)4-2;;/h8-9H,3-7,10H2,1-2H3;2*1H. The van der Waals surface area contributed by atoms with E-state index in [1.165, 1.54) is 25.8 Å². The molecule has 1 fully saturated rings. The van der Waals surface area contributed by atoms with Crippen LogP contribution in [0.3, 0.4) is 0 Å². The summed E-state index contributed by atoms with van der Waals surface area (Å²) in [6.45, 7) is 6.87. The van der Waals surface area contributed by atoms with E-state index >= 15 is 0 Å². The van der Waals surface area contributed by atoms with E-state index in [1.807, 2.05) is 0 Å². The van der Waals surface area contributed by atoms with Crippen molar-refractivity contribution in [1.29, 1.82) is 0 Å². The molecule has 2 atom stereocenters. The first-order valence-corrected chi connectivity index (χ1v) is 4.79. The minimum atomic E-state index is 0. The fraction of sp³-hybridized carbons (Fsp3) is 1.00. The Morgan fingerprint density at radius 2 is 1.92 bits per heavy atom. The quantitative estimate of drug-likeness (QED) is 0.785. The average molecular weight is 229 g/mol. The smallest absolute Gasteiger partial charge is 0.0244 e. The molecule has 0 saturated carbocycles. The summed E-state index contributed by atoms with van der Waals surface area (Å²) in [5, 5.41) is 0. The molecule has 1 aliphatic rings. The Bertz CT molecular complexity index is 122. The maximum atomic E-state index is 6.01. The lowest BCUT2D eigenvalue weighted by atomic mass is 9.95. The second-order valence-electron chi connectivity index (χ2n) is 3.41. The molecule has 1 aliphatic heterocycles. The number of hydrogen-bond acceptors (Lipinski definition) is 2. The Balaban J connectivity index is 0. The van der Waals surface area contributed by atoms with Crippen LogP contribution in [0.1, 0.15) is 33.1 Å². The van der Waals surface area contributed by atoms with Crippen LogP contribution in [0.25, 0.3) is 0 Å². The summed E-state index contributed by atoms with van der Waals surface area (Å²) >= 11 is 0. The lowest BCUT2D eigenvalue weighted by Crippen LogP contribution is -2.51. The summed E-state index contributed by atoms with van der Waals surface area (Å²) < 4.78 is 0. The van der Waals surface area contributed by atoms with Crippen LogP contribution in [0.15, 0.2) is 0 Å². The monoisotopic (exact) mass is 228 g/mol. The number of hydrogen-bond donors (Lipinski definition) is 1. The Morgan fingerprint density at radius 3 is 2.31 bits per heavy atom. The van der Waals surface area contributed by atoms with E-state index in [1.54, 1.807) is 0 Å². The van der Waals surface area contributed by atoms with Crippen LogP contribution < -0.4 is 5.73 Å². The van der Waals surface area contributed by atoms with E-state index in [-0.39, 0.29) is 24.8 Å². The third-order valence-corrected chi connectivity index (χ3v) is 2.77. The number of likely N-dealkylation sites (N-methyl/N-ethyl adjacent to an activating group) is 1. The molecule has 2 nitrogen and oxygen atoms in total. The fourth-order valence-electron chi connectivity index (χ4n) is 2.11. The Labute approximate surface area is 94.1 Å². The lowest BCUT2D eigenvalue weighted by molar-refractivity contribution is 0.131. The van der Waals surface area contributed by atoms with Gasteiger partial charge in [-0.1, -0.05) is 13.8 Å². The molecule has 82 valence electrons. The van der Waals surface area contributed by atoms with Gasteiger partial charge in [0.25, 0.3) is 0 Å². The van der Waals surface area contributed by atoms with Crippen molar-refractivity contribution >= 4 is 24.8 Å². The van der Waals surface area contributed by atoms with Gasteiger partial charge in [-0.25, -0.2) is 0 Å². The zero-order chi connectivity index (χ0) is 8.27. The van der Waals surface area contributed by atoms with Gasteiger partial charge < -0.3 is 5.73 Å². The fourth-order valence-corrected chi connectivity index (χ4v) is 2.11. The van der Waals surface area contributed by atoms with E-state index in [9.17, 15) is 0 Å². The van der Waals surface area contributed by atoms with Gasteiger partial charge in [-0.05, 0) is 32.4 Å². The summed E-state index contributed by atoms with van der Waals surface area (Å²) in [5.74, 6) is 0. The lowest BCUT2D eigenvalue weighted by Gasteiger charge is -2.38. The molecular formula is C9H22Cl2N2. The minimum Gasteiger partial charge on any atom is -0.326 e. The molecule has 1 saturated heterocycles. The molecule has 0 aliphatic carbocycles. The van der Waals surface area contributed by atoms with Gasteiger partial charge in [0, 0.05) is 12.1 Å². The van der Waals surface area contributed by atoms with Crippen LogP contribution in [0, 0.1) is 0 Å². The molecule has 13 heavy (non-hydrogen) atoms. The van der Waals surface area contributed by atoms with Gasteiger partial charge in [-0.15, -0.1) is 24.8 Å². The Hall–Kier alpha value is 0.500. The van der Waals surface area contributed by atoms with Crippen molar-refractivity contribution in [3.63, 3.8) is 0 Å². The van der Waals surface area contributed by atoms with Crippen LogP contribution in [0.2, 0.25) is 0 Å². The summed E-state index contributed by atoms with van der Waals surface area (Å²) in [6.07, 6.45) is 3.70. The summed E-state index contributed by atoms with van der Waals surface area (Å²) in [5.41, 5.74) is 6.01. The molecular weight excluding hydrogens is 207 g/mol. The van der Waals surface area contributed by atoms with Gasteiger partial charge in [0.2, 0.25) is 0 Å². The SMILES string of the molecule is CCC1C(N)CCCN1CC.Cl.Cl. The number of halogens is 2. The molecule has 2 N–H and O–H groups in total. The van der Waals surface area contributed by atoms with Crippen molar-refractivity contribution in [3.05, 3.63) is 0 Å². The third-order valence-electron chi connectivity index (χ3n) is 2.77. The zero-order valence-electron chi connectivity index (χ0n) is 8.53. The molecule has 0 amide bonds. The Kier molecular flexibility index (Phi) is 9.65. The second-order valence-corrected chi connectivity index (χ2v) is 3.41. The predicted molar refractivity (Wildman–Crippen MR) is 63.0 cm³/mol. The van der Waals surface area contributed by atoms with Crippen molar-refractivity contribution in [1.82, 2.24) is 4.90 Å². The normalized spacial score (nSPS) is 28.8. The molecule has 0 aromatic rings. The number of likely N-dealkylation sites (tertiary alicyclic amines) is 1. The summed E-state index contributed by atoms with van der Waals surface area (Å²) in [4.78, 5) is 2.51. The van der Waals surface area contributed by atoms with Gasteiger partial charge in [-0.3, -0.25) is 4.90 Å². The molecule has 0 bridgehead atoms. The molecule has 0 radical (unpaired) electrons.